The zero-order chi connectivity index (χ0) is 15.4. The van der Waals surface area contributed by atoms with E-state index in [1.807, 2.05) is 6.92 Å². The van der Waals surface area contributed by atoms with Crippen LogP contribution in [0, 0.1) is 11.6 Å². The summed E-state index contributed by atoms with van der Waals surface area (Å²) in [6, 6.07) is 8.63. The monoisotopic (exact) mass is 373 g/mol. The van der Waals surface area contributed by atoms with Gasteiger partial charge in [-0.1, -0.05) is 36.7 Å². The summed E-state index contributed by atoms with van der Waals surface area (Å²) in [4.78, 5) is 0. The molecule has 0 aliphatic heterocycles. The summed E-state index contributed by atoms with van der Waals surface area (Å²) in [5, 5.41) is 3.57. The van der Waals surface area contributed by atoms with Crippen LogP contribution < -0.4 is 5.32 Å². The van der Waals surface area contributed by atoms with Crippen molar-refractivity contribution in [2.24, 2.45) is 0 Å². The van der Waals surface area contributed by atoms with Gasteiger partial charge in [0.05, 0.1) is 11.1 Å². The number of nitrogens with one attached hydrogen (secondary N) is 1. The third-order valence-electron chi connectivity index (χ3n) is 3.17. The lowest BCUT2D eigenvalue weighted by molar-refractivity contribution is 0.520. The molecule has 0 aliphatic rings. The summed E-state index contributed by atoms with van der Waals surface area (Å²) in [5.41, 5.74) is 0.741. The molecule has 0 spiro atoms. The Morgan fingerprint density at radius 1 is 1.14 bits per heavy atom. The van der Waals surface area contributed by atoms with Crippen LogP contribution in [0.5, 0.6) is 0 Å². The highest BCUT2D eigenvalue weighted by Gasteiger charge is 2.21. The maximum Gasteiger partial charge on any atom is 0.129 e. The van der Waals surface area contributed by atoms with Gasteiger partial charge in [-0.25, -0.2) is 8.78 Å². The highest BCUT2D eigenvalue weighted by Crippen LogP contribution is 2.32. The molecule has 0 fully saturated rings. The number of halogens is 4. The minimum Gasteiger partial charge on any atom is -0.306 e. The van der Waals surface area contributed by atoms with Gasteiger partial charge in [-0.2, -0.15) is 0 Å². The molecule has 0 heterocycles. The predicted octanol–water partition coefficient (Wildman–Crippen LogP) is 5.47. The average molecular weight is 375 g/mol. The van der Waals surface area contributed by atoms with Gasteiger partial charge in [0.25, 0.3) is 0 Å². The zero-order valence-electron chi connectivity index (χ0n) is 11.5. The van der Waals surface area contributed by atoms with Gasteiger partial charge in [0, 0.05) is 15.6 Å². The number of benzene rings is 2. The van der Waals surface area contributed by atoms with E-state index in [4.69, 9.17) is 11.6 Å². The van der Waals surface area contributed by atoms with Crippen molar-refractivity contribution in [3.63, 3.8) is 0 Å². The first-order chi connectivity index (χ1) is 10.0. The summed E-state index contributed by atoms with van der Waals surface area (Å²) in [6.07, 6.45) is 0.858. The summed E-state index contributed by atoms with van der Waals surface area (Å²) in [6.45, 7) is 2.64. The Labute approximate surface area is 136 Å². The van der Waals surface area contributed by atoms with Crippen LogP contribution in [0.25, 0.3) is 0 Å². The number of hydrogen-bond acceptors (Lipinski definition) is 1. The fourth-order valence-corrected chi connectivity index (χ4v) is 2.63. The van der Waals surface area contributed by atoms with Crippen LogP contribution in [-0.2, 0) is 0 Å². The van der Waals surface area contributed by atoms with Crippen molar-refractivity contribution in [2.45, 2.75) is 19.4 Å². The van der Waals surface area contributed by atoms with Gasteiger partial charge < -0.3 is 5.32 Å². The molecule has 0 amide bonds. The largest absolute Gasteiger partial charge is 0.306 e. The van der Waals surface area contributed by atoms with Gasteiger partial charge in [0.1, 0.15) is 11.6 Å². The SMILES string of the molecule is CCCNC(c1ccccc1F)c1cc(Cl)c(Br)cc1F. The molecule has 1 unspecified atom stereocenters. The number of rotatable bonds is 5. The van der Waals surface area contributed by atoms with E-state index in [1.165, 1.54) is 18.2 Å². The van der Waals surface area contributed by atoms with E-state index in [-0.39, 0.29) is 5.82 Å². The molecule has 21 heavy (non-hydrogen) atoms. The second-order valence-corrected chi connectivity index (χ2v) is 5.96. The highest BCUT2D eigenvalue weighted by molar-refractivity contribution is 9.10. The maximum atomic E-state index is 14.3. The molecule has 0 aromatic heterocycles. The molecule has 2 rings (SSSR count). The van der Waals surface area contributed by atoms with E-state index in [0.717, 1.165) is 6.42 Å². The summed E-state index contributed by atoms with van der Waals surface area (Å²) in [7, 11) is 0. The lowest BCUT2D eigenvalue weighted by atomic mass is 9.97. The molecule has 0 aliphatic carbocycles. The highest BCUT2D eigenvalue weighted by atomic mass is 79.9. The fourth-order valence-electron chi connectivity index (χ4n) is 2.14. The molecule has 0 saturated carbocycles. The molecule has 2 aromatic rings. The van der Waals surface area contributed by atoms with Crippen molar-refractivity contribution in [1.82, 2.24) is 5.32 Å². The van der Waals surface area contributed by atoms with Gasteiger partial charge >= 0.3 is 0 Å². The first kappa shape index (κ1) is 16.4. The Balaban J connectivity index is 2.51. The molecule has 112 valence electrons. The Hall–Kier alpha value is -0.970. The van der Waals surface area contributed by atoms with Crippen molar-refractivity contribution in [1.29, 1.82) is 0 Å². The molecule has 1 atom stereocenters. The molecule has 0 radical (unpaired) electrons. The smallest absolute Gasteiger partial charge is 0.129 e. The van der Waals surface area contributed by atoms with Crippen LogP contribution in [0.15, 0.2) is 40.9 Å². The Bertz CT molecular complexity index is 634. The van der Waals surface area contributed by atoms with Gasteiger partial charge in [-0.15, -0.1) is 0 Å². The predicted molar refractivity (Wildman–Crippen MR) is 85.6 cm³/mol. The van der Waals surface area contributed by atoms with E-state index in [2.05, 4.69) is 21.2 Å². The maximum absolute atomic E-state index is 14.3. The molecular weight excluding hydrogens is 360 g/mol. The summed E-state index contributed by atoms with van der Waals surface area (Å²) >= 11 is 9.24. The van der Waals surface area contributed by atoms with Crippen molar-refractivity contribution in [3.8, 4) is 0 Å². The van der Waals surface area contributed by atoms with E-state index >= 15 is 0 Å². The Morgan fingerprint density at radius 2 is 1.86 bits per heavy atom. The van der Waals surface area contributed by atoms with Crippen LogP contribution in [0.4, 0.5) is 8.78 Å². The molecular formula is C16H15BrClF2N. The Morgan fingerprint density at radius 3 is 2.52 bits per heavy atom. The third kappa shape index (κ3) is 3.82. The van der Waals surface area contributed by atoms with Gasteiger partial charge in [0.2, 0.25) is 0 Å². The van der Waals surface area contributed by atoms with E-state index in [0.29, 0.717) is 27.2 Å². The normalized spacial score (nSPS) is 12.4. The fraction of sp³-hybridized carbons (Fsp3) is 0.250. The summed E-state index contributed by atoms with van der Waals surface area (Å²) in [5.74, 6) is -0.798. The van der Waals surface area contributed by atoms with Gasteiger partial charge in [-0.05, 0) is 47.1 Å². The van der Waals surface area contributed by atoms with Crippen molar-refractivity contribution in [2.75, 3.05) is 6.54 Å². The van der Waals surface area contributed by atoms with Crippen LogP contribution in [0.3, 0.4) is 0 Å². The van der Waals surface area contributed by atoms with E-state index < -0.39 is 11.9 Å². The minimum absolute atomic E-state index is 0.335. The molecule has 1 N–H and O–H groups in total. The van der Waals surface area contributed by atoms with Crippen LogP contribution in [0.2, 0.25) is 5.02 Å². The second-order valence-electron chi connectivity index (χ2n) is 4.70. The molecule has 2 aromatic carbocycles. The van der Waals surface area contributed by atoms with E-state index in [9.17, 15) is 8.78 Å². The topological polar surface area (TPSA) is 12.0 Å². The standard InChI is InChI=1S/C16H15BrClF2N/c1-2-7-21-16(10-5-3-4-6-14(10)19)11-8-13(18)12(17)9-15(11)20/h3-6,8-9,16,21H,2,7H2,1H3. The average Bonchev–Trinajstić information content (AvgIpc) is 2.46. The molecule has 1 nitrogen and oxygen atoms in total. The minimum atomic E-state index is -0.572. The zero-order valence-corrected chi connectivity index (χ0v) is 13.8. The summed E-state index contributed by atoms with van der Waals surface area (Å²) < 4.78 is 28.8. The van der Waals surface area contributed by atoms with Crippen LogP contribution >= 0.6 is 27.5 Å². The van der Waals surface area contributed by atoms with Crippen LogP contribution in [0.1, 0.15) is 30.5 Å². The second kappa shape index (κ2) is 7.34. The Kier molecular flexibility index (Phi) is 5.73. The van der Waals surface area contributed by atoms with E-state index in [1.54, 1.807) is 18.2 Å². The van der Waals surface area contributed by atoms with Crippen molar-refractivity contribution < 1.29 is 8.78 Å². The van der Waals surface area contributed by atoms with Crippen molar-refractivity contribution >= 4 is 27.5 Å². The van der Waals surface area contributed by atoms with Crippen LogP contribution in [-0.4, -0.2) is 6.54 Å². The lowest BCUT2D eigenvalue weighted by Gasteiger charge is -2.21. The van der Waals surface area contributed by atoms with Gasteiger partial charge in [0.15, 0.2) is 0 Å². The quantitative estimate of drug-likeness (QED) is 0.684. The van der Waals surface area contributed by atoms with Gasteiger partial charge in [-0.3, -0.25) is 0 Å². The first-order valence-corrected chi connectivity index (χ1v) is 7.84. The third-order valence-corrected chi connectivity index (χ3v) is 4.36. The van der Waals surface area contributed by atoms with Crippen molar-refractivity contribution in [3.05, 3.63) is 68.7 Å². The molecule has 0 saturated heterocycles. The molecule has 5 heteroatoms. The first-order valence-electron chi connectivity index (χ1n) is 6.66. The lowest BCUT2D eigenvalue weighted by Crippen LogP contribution is -2.25. The number of hydrogen-bond donors (Lipinski definition) is 1. The molecule has 0 bridgehead atoms.